The monoisotopic (exact) mass is 254 g/mol. The molecule has 0 radical (unpaired) electrons. The summed E-state index contributed by atoms with van der Waals surface area (Å²) in [5.41, 5.74) is 2.07. The van der Waals surface area contributed by atoms with Crippen LogP contribution in [0, 0.1) is 0 Å². The Bertz CT molecular complexity index is 549. The summed E-state index contributed by atoms with van der Waals surface area (Å²) in [5.74, 6) is 0. The molecule has 0 bridgehead atoms. The molecule has 1 aromatic carbocycles. The SMILES string of the molecule is Cn1cc(-c2cc(Cl)c(Cl)cc2C=O)cn1. The highest BCUT2D eigenvalue weighted by Crippen LogP contribution is 2.31. The number of aldehydes is 1. The van der Waals surface area contributed by atoms with Crippen LogP contribution in [0.1, 0.15) is 10.4 Å². The molecule has 0 fully saturated rings. The van der Waals surface area contributed by atoms with E-state index in [1.807, 2.05) is 13.2 Å². The number of hydrogen-bond acceptors (Lipinski definition) is 2. The first-order valence-electron chi connectivity index (χ1n) is 4.55. The summed E-state index contributed by atoms with van der Waals surface area (Å²) in [6.45, 7) is 0. The minimum absolute atomic E-state index is 0.372. The van der Waals surface area contributed by atoms with Crippen molar-refractivity contribution in [3.63, 3.8) is 0 Å². The Hall–Kier alpha value is -1.32. The number of carbonyl (C=O) groups excluding carboxylic acids is 1. The Morgan fingerprint density at radius 1 is 1.31 bits per heavy atom. The maximum absolute atomic E-state index is 10.9. The molecule has 2 aromatic rings. The van der Waals surface area contributed by atoms with Crippen molar-refractivity contribution in [1.29, 1.82) is 0 Å². The molecule has 5 heteroatoms. The first-order chi connectivity index (χ1) is 7.61. The fraction of sp³-hybridized carbons (Fsp3) is 0.0909. The van der Waals surface area contributed by atoms with E-state index in [1.165, 1.54) is 0 Å². The fourth-order valence-electron chi connectivity index (χ4n) is 1.47. The zero-order valence-corrected chi connectivity index (χ0v) is 9.96. The second-order valence-corrected chi connectivity index (χ2v) is 4.19. The first kappa shape index (κ1) is 11.2. The lowest BCUT2D eigenvalue weighted by atomic mass is 10.0. The van der Waals surface area contributed by atoms with Crippen molar-refractivity contribution >= 4 is 29.5 Å². The minimum atomic E-state index is 0.372. The van der Waals surface area contributed by atoms with Crippen LogP contribution in [0.4, 0.5) is 0 Å². The van der Waals surface area contributed by atoms with Crippen LogP contribution in [0.15, 0.2) is 24.5 Å². The largest absolute Gasteiger partial charge is 0.298 e. The Morgan fingerprint density at radius 2 is 2.00 bits per heavy atom. The van der Waals surface area contributed by atoms with Crippen LogP contribution in [-0.2, 0) is 7.05 Å². The molecule has 0 unspecified atom stereocenters. The number of aryl methyl sites for hydroxylation is 1. The quantitative estimate of drug-likeness (QED) is 0.772. The van der Waals surface area contributed by atoms with Crippen molar-refractivity contribution in [3.8, 4) is 11.1 Å². The van der Waals surface area contributed by atoms with Gasteiger partial charge in [-0.2, -0.15) is 5.10 Å². The van der Waals surface area contributed by atoms with Crippen molar-refractivity contribution in [2.75, 3.05) is 0 Å². The van der Waals surface area contributed by atoms with Gasteiger partial charge in [0.25, 0.3) is 0 Å². The highest BCUT2D eigenvalue weighted by Gasteiger charge is 2.10. The molecule has 0 aliphatic heterocycles. The van der Waals surface area contributed by atoms with E-state index in [4.69, 9.17) is 23.2 Å². The van der Waals surface area contributed by atoms with Crippen LogP contribution in [0.25, 0.3) is 11.1 Å². The molecule has 1 aromatic heterocycles. The topological polar surface area (TPSA) is 34.9 Å². The van der Waals surface area contributed by atoms with Gasteiger partial charge in [0.15, 0.2) is 6.29 Å². The van der Waals surface area contributed by atoms with Crippen LogP contribution < -0.4 is 0 Å². The van der Waals surface area contributed by atoms with Gasteiger partial charge in [0.2, 0.25) is 0 Å². The third kappa shape index (κ3) is 1.96. The predicted molar refractivity (Wildman–Crippen MR) is 64.1 cm³/mol. The van der Waals surface area contributed by atoms with Crippen LogP contribution in [0.5, 0.6) is 0 Å². The van der Waals surface area contributed by atoms with Crippen molar-refractivity contribution in [2.45, 2.75) is 0 Å². The van der Waals surface area contributed by atoms with Crippen molar-refractivity contribution in [1.82, 2.24) is 9.78 Å². The Labute approximate surface area is 103 Å². The Morgan fingerprint density at radius 3 is 2.56 bits per heavy atom. The van der Waals surface area contributed by atoms with Crippen LogP contribution >= 0.6 is 23.2 Å². The van der Waals surface area contributed by atoms with Crippen molar-refractivity contribution in [2.24, 2.45) is 7.05 Å². The van der Waals surface area contributed by atoms with Gasteiger partial charge in [-0.1, -0.05) is 23.2 Å². The molecular formula is C11H8Cl2N2O. The van der Waals surface area contributed by atoms with Crippen LogP contribution in [-0.4, -0.2) is 16.1 Å². The second-order valence-electron chi connectivity index (χ2n) is 3.37. The zero-order chi connectivity index (χ0) is 11.7. The molecule has 0 spiro atoms. The van der Waals surface area contributed by atoms with E-state index in [2.05, 4.69) is 5.10 Å². The van der Waals surface area contributed by atoms with Gasteiger partial charge in [0.1, 0.15) is 0 Å². The summed E-state index contributed by atoms with van der Waals surface area (Å²) in [7, 11) is 1.81. The van der Waals surface area contributed by atoms with E-state index < -0.39 is 0 Å². The average Bonchev–Trinajstić information content (AvgIpc) is 2.68. The molecule has 0 N–H and O–H groups in total. The molecule has 0 saturated carbocycles. The highest BCUT2D eigenvalue weighted by atomic mass is 35.5. The smallest absolute Gasteiger partial charge is 0.150 e. The Kier molecular flexibility index (Phi) is 2.99. The molecular weight excluding hydrogens is 247 g/mol. The maximum Gasteiger partial charge on any atom is 0.150 e. The minimum Gasteiger partial charge on any atom is -0.298 e. The third-order valence-electron chi connectivity index (χ3n) is 2.24. The predicted octanol–water partition coefficient (Wildman–Crippen LogP) is 3.21. The van der Waals surface area contributed by atoms with E-state index in [0.717, 1.165) is 17.4 Å². The molecule has 0 amide bonds. The normalized spacial score (nSPS) is 10.4. The van der Waals surface area contributed by atoms with Crippen molar-refractivity contribution in [3.05, 3.63) is 40.1 Å². The second kappa shape index (κ2) is 4.28. The van der Waals surface area contributed by atoms with Gasteiger partial charge < -0.3 is 0 Å². The van der Waals surface area contributed by atoms with E-state index in [9.17, 15) is 4.79 Å². The van der Waals surface area contributed by atoms with Gasteiger partial charge >= 0.3 is 0 Å². The number of halogens is 2. The molecule has 0 saturated heterocycles. The molecule has 3 nitrogen and oxygen atoms in total. The first-order valence-corrected chi connectivity index (χ1v) is 5.30. The maximum atomic E-state index is 10.9. The standard InChI is InChI=1S/C11H8Cl2N2O/c1-15-5-8(4-14-15)9-3-11(13)10(12)2-7(9)6-16/h2-6H,1H3. The zero-order valence-electron chi connectivity index (χ0n) is 8.45. The molecule has 0 aliphatic rings. The van der Waals surface area contributed by atoms with Gasteiger partial charge in [0.05, 0.1) is 16.2 Å². The van der Waals surface area contributed by atoms with Crippen LogP contribution in [0.2, 0.25) is 10.0 Å². The lowest BCUT2D eigenvalue weighted by Crippen LogP contribution is -1.88. The lowest BCUT2D eigenvalue weighted by Gasteiger charge is -2.04. The number of benzene rings is 1. The molecule has 82 valence electrons. The molecule has 2 rings (SSSR count). The van der Waals surface area contributed by atoms with E-state index in [1.54, 1.807) is 23.0 Å². The average molecular weight is 255 g/mol. The number of hydrogen-bond donors (Lipinski definition) is 0. The lowest BCUT2D eigenvalue weighted by molar-refractivity contribution is 0.112. The Balaban J connectivity index is 2.63. The summed E-state index contributed by atoms with van der Waals surface area (Å²) in [4.78, 5) is 10.9. The fourth-order valence-corrected chi connectivity index (χ4v) is 1.81. The van der Waals surface area contributed by atoms with Crippen molar-refractivity contribution < 1.29 is 4.79 Å². The van der Waals surface area contributed by atoms with E-state index >= 15 is 0 Å². The molecule has 0 aliphatic carbocycles. The summed E-state index contributed by atoms with van der Waals surface area (Å²) in [6, 6.07) is 3.23. The van der Waals surface area contributed by atoms with Gasteiger partial charge in [-0.3, -0.25) is 9.48 Å². The van der Waals surface area contributed by atoms with Gasteiger partial charge in [-0.15, -0.1) is 0 Å². The van der Waals surface area contributed by atoms with E-state index in [0.29, 0.717) is 15.6 Å². The number of nitrogens with zero attached hydrogens (tertiary/aromatic N) is 2. The van der Waals surface area contributed by atoms with E-state index in [-0.39, 0.29) is 0 Å². The summed E-state index contributed by atoms with van der Waals surface area (Å²) in [6.07, 6.45) is 4.24. The van der Waals surface area contributed by atoms with Gasteiger partial charge in [-0.25, -0.2) is 0 Å². The summed E-state index contributed by atoms with van der Waals surface area (Å²) in [5, 5.41) is 4.84. The highest BCUT2D eigenvalue weighted by molar-refractivity contribution is 6.42. The summed E-state index contributed by atoms with van der Waals surface area (Å²) >= 11 is 11.8. The van der Waals surface area contributed by atoms with Gasteiger partial charge in [-0.05, 0) is 17.7 Å². The molecule has 1 heterocycles. The molecule has 16 heavy (non-hydrogen) atoms. The van der Waals surface area contributed by atoms with Crippen LogP contribution in [0.3, 0.4) is 0 Å². The number of rotatable bonds is 2. The number of carbonyl (C=O) groups is 1. The number of aromatic nitrogens is 2. The third-order valence-corrected chi connectivity index (χ3v) is 2.96. The van der Waals surface area contributed by atoms with Gasteiger partial charge in [0, 0.05) is 24.4 Å². The molecule has 0 atom stereocenters. The summed E-state index contributed by atoms with van der Waals surface area (Å²) < 4.78 is 1.66.